The average molecular weight is 440 g/mol. The zero-order valence-electron chi connectivity index (χ0n) is 18.7. The highest BCUT2D eigenvalue weighted by Crippen LogP contribution is 2.34. The maximum absolute atomic E-state index is 13.9. The van der Waals surface area contributed by atoms with Gasteiger partial charge in [0.2, 0.25) is 0 Å². The van der Waals surface area contributed by atoms with E-state index in [-0.39, 0.29) is 6.03 Å². The van der Waals surface area contributed by atoms with Gasteiger partial charge in [0.25, 0.3) is 0 Å². The summed E-state index contributed by atoms with van der Waals surface area (Å²) in [6.45, 7) is 3.26. The highest BCUT2D eigenvalue weighted by molar-refractivity contribution is 6.13. The molecule has 2 heterocycles. The summed E-state index contributed by atoms with van der Waals surface area (Å²) in [7, 11) is 0. The molecule has 1 saturated heterocycles. The monoisotopic (exact) mass is 439 g/mol. The van der Waals surface area contributed by atoms with Gasteiger partial charge in [0.15, 0.2) is 0 Å². The molecule has 0 radical (unpaired) electrons. The number of fused-ring (bicyclic) bond motifs is 1. The van der Waals surface area contributed by atoms with Gasteiger partial charge in [-0.25, -0.2) is 9.80 Å². The Bertz CT molecular complexity index is 1140. The van der Waals surface area contributed by atoms with Crippen molar-refractivity contribution in [1.29, 1.82) is 0 Å². The van der Waals surface area contributed by atoms with Gasteiger partial charge in [-0.1, -0.05) is 55.0 Å². The number of nitrogens with two attached hydrogens (primary N) is 1. The van der Waals surface area contributed by atoms with E-state index in [2.05, 4.69) is 11.0 Å². The Balaban J connectivity index is 1.60. The van der Waals surface area contributed by atoms with Crippen LogP contribution in [0.5, 0.6) is 0 Å². The van der Waals surface area contributed by atoms with Crippen LogP contribution >= 0.6 is 0 Å². The molecule has 168 valence electrons. The number of hydrogen-bond donors (Lipinski definition) is 1. The fraction of sp³-hybridized carbons (Fsp3) is 0.259. The van der Waals surface area contributed by atoms with Crippen molar-refractivity contribution >= 4 is 28.8 Å². The van der Waals surface area contributed by atoms with Crippen LogP contribution in [0.4, 0.5) is 21.9 Å². The van der Waals surface area contributed by atoms with Crippen LogP contribution in [0.25, 0.3) is 0 Å². The molecule has 2 aliphatic rings. The van der Waals surface area contributed by atoms with E-state index in [4.69, 9.17) is 10.8 Å². The normalized spacial score (nSPS) is 16.8. The van der Waals surface area contributed by atoms with E-state index in [0.29, 0.717) is 12.2 Å². The summed E-state index contributed by atoms with van der Waals surface area (Å²) in [6, 6.07) is 25.3. The molecule has 0 bridgehead atoms. The first kappa shape index (κ1) is 21.2. The van der Waals surface area contributed by atoms with Crippen LogP contribution in [0.2, 0.25) is 0 Å². The molecule has 0 aliphatic carbocycles. The first-order valence-corrected chi connectivity index (χ1v) is 11.6. The van der Waals surface area contributed by atoms with Crippen molar-refractivity contribution in [3.8, 4) is 0 Å². The number of urea groups is 1. The fourth-order valence-corrected chi connectivity index (χ4v) is 4.55. The number of nitrogen functional groups attached to an aromatic ring is 1. The van der Waals surface area contributed by atoms with E-state index >= 15 is 0 Å². The zero-order valence-corrected chi connectivity index (χ0v) is 18.7. The summed E-state index contributed by atoms with van der Waals surface area (Å²) in [5.74, 6) is 0. The van der Waals surface area contributed by atoms with E-state index in [0.717, 1.165) is 47.8 Å². The number of benzene rings is 3. The molecule has 3 aromatic carbocycles. The Morgan fingerprint density at radius 3 is 2.24 bits per heavy atom. The minimum Gasteiger partial charge on any atom is -0.399 e. The fourth-order valence-electron chi connectivity index (χ4n) is 4.55. The second-order valence-electron chi connectivity index (χ2n) is 8.65. The summed E-state index contributed by atoms with van der Waals surface area (Å²) in [5, 5.41) is 6.58. The van der Waals surface area contributed by atoms with Crippen molar-refractivity contribution in [3.63, 3.8) is 0 Å². The summed E-state index contributed by atoms with van der Waals surface area (Å²) in [5.41, 5.74) is 11.2. The summed E-state index contributed by atoms with van der Waals surface area (Å²) in [4.78, 5) is 18.1. The van der Waals surface area contributed by atoms with Gasteiger partial charge in [-0.2, -0.15) is 5.10 Å². The van der Waals surface area contributed by atoms with Crippen molar-refractivity contribution in [2.24, 2.45) is 5.10 Å². The summed E-state index contributed by atoms with van der Waals surface area (Å²) in [6.07, 6.45) is 3.70. The van der Waals surface area contributed by atoms with Gasteiger partial charge < -0.3 is 5.73 Å². The van der Waals surface area contributed by atoms with Crippen molar-refractivity contribution in [3.05, 3.63) is 90.0 Å². The van der Waals surface area contributed by atoms with Crippen LogP contribution in [-0.2, 0) is 6.54 Å². The number of amides is 2. The third-order valence-corrected chi connectivity index (χ3v) is 6.26. The molecule has 6 heteroatoms. The smallest absolute Gasteiger partial charge is 0.349 e. The first-order chi connectivity index (χ1) is 16.2. The van der Waals surface area contributed by atoms with Crippen molar-refractivity contribution in [1.82, 2.24) is 9.91 Å². The minimum absolute atomic E-state index is 0.176. The molecule has 2 N–H and O–H groups in total. The van der Waals surface area contributed by atoms with Crippen molar-refractivity contribution in [2.75, 3.05) is 30.3 Å². The Morgan fingerprint density at radius 1 is 0.788 bits per heavy atom. The molecular weight excluding hydrogens is 410 g/mol. The maximum Gasteiger partial charge on any atom is 0.349 e. The third kappa shape index (κ3) is 4.61. The maximum atomic E-state index is 13.9. The van der Waals surface area contributed by atoms with Crippen molar-refractivity contribution in [2.45, 2.75) is 25.8 Å². The van der Waals surface area contributed by atoms with Gasteiger partial charge >= 0.3 is 6.03 Å². The van der Waals surface area contributed by atoms with E-state index < -0.39 is 0 Å². The molecule has 1 fully saturated rings. The number of rotatable bonds is 5. The summed E-state index contributed by atoms with van der Waals surface area (Å²) < 4.78 is 0. The van der Waals surface area contributed by atoms with Crippen LogP contribution in [0, 0.1) is 0 Å². The van der Waals surface area contributed by atoms with Crippen LogP contribution in [0.15, 0.2) is 84.0 Å². The number of para-hydroxylation sites is 1. The molecule has 5 rings (SSSR count). The second kappa shape index (κ2) is 9.46. The van der Waals surface area contributed by atoms with E-state index in [9.17, 15) is 4.79 Å². The largest absolute Gasteiger partial charge is 0.399 e. The minimum atomic E-state index is -0.176. The van der Waals surface area contributed by atoms with Crippen LogP contribution in [-0.4, -0.2) is 41.3 Å². The lowest BCUT2D eigenvalue weighted by Gasteiger charge is -2.27. The molecule has 0 aromatic heterocycles. The predicted molar refractivity (Wildman–Crippen MR) is 134 cm³/mol. The highest BCUT2D eigenvalue weighted by atomic mass is 16.2. The molecule has 3 aromatic rings. The van der Waals surface area contributed by atoms with Gasteiger partial charge in [0.1, 0.15) is 0 Å². The number of carbonyl (C=O) groups is 1. The SMILES string of the molecule is Nc1ccc(N2C(=O)N(Cc3ccccc3)N=C(CN3CCCCC3)c3ccccc32)cc1. The number of carbonyl (C=O) groups excluding carboxylic acids is 1. The van der Waals surface area contributed by atoms with E-state index in [1.54, 1.807) is 9.91 Å². The topological polar surface area (TPSA) is 65.2 Å². The molecule has 0 unspecified atom stereocenters. The second-order valence-corrected chi connectivity index (χ2v) is 8.65. The van der Waals surface area contributed by atoms with E-state index in [1.165, 1.54) is 19.3 Å². The lowest BCUT2D eigenvalue weighted by Crippen LogP contribution is -2.37. The number of likely N-dealkylation sites (tertiary alicyclic amines) is 1. The van der Waals surface area contributed by atoms with Crippen molar-refractivity contribution < 1.29 is 4.79 Å². The lowest BCUT2D eigenvalue weighted by atomic mass is 10.0. The Hall–Kier alpha value is -3.64. The Labute approximate surface area is 194 Å². The van der Waals surface area contributed by atoms with Gasteiger partial charge in [-0.05, 0) is 61.8 Å². The Morgan fingerprint density at radius 2 is 1.48 bits per heavy atom. The number of anilines is 3. The molecule has 2 amide bonds. The zero-order chi connectivity index (χ0) is 22.6. The quantitative estimate of drug-likeness (QED) is 0.554. The standard InChI is InChI=1S/C27H29N5O/c28-22-13-15-23(16-14-22)32-26-12-6-5-11-24(26)25(20-30-17-7-2-8-18-30)29-31(27(32)33)19-21-9-3-1-4-10-21/h1,3-6,9-16H,2,7-8,17-20,28H2. The Kier molecular flexibility index (Phi) is 6.09. The molecule has 0 atom stereocenters. The number of hydrazone groups is 1. The van der Waals surface area contributed by atoms with Gasteiger partial charge in [0.05, 0.1) is 23.6 Å². The van der Waals surface area contributed by atoms with Gasteiger partial charge in [0, 0.05) is 17.8 Å². The molecular formula is C27H29N5O. The molecule has 2 aliphatic heterocycles. The predicted octanol–water partition coefficient (Wildman–Crippen LogP) is 5.23. The number of piperidine rings is 1. The number of nitrogens with zero attached hydrogens (tertiary/aromatic N) is 4. The van der Waals surface area contributed by atoms with Crippen LogP contribution < -0.4 is 10.6 Å². The lowest BCUT2D eigenvalue weighted by molar-refractivity contribution is 0.206. The third-order valence-electron chi connectivity index (χ3n) is 6.26. The first-order valence-electron chi connectivity index (χ1n) is 11.6. The van der Waals surface area contributed by atoms with Crippen LogP contribution in [0.1, 0.15) is 30.4 Å². The molecule has 6 nitrogen and oxygen atoms in total. The molecule has 0 saturated carbocycles. The highest BCUT2D eigenvalue weighted by Gasteiger charge is 2.31. The van der Waals surface area contributed by atoms with Gasteiger partial charge in [-0.15, -0.1) is 0 Å². The number of hydrogen-bond acceptors (Lipinski definition) is 4. The van der Waals surface area contributed by atoms with Crippen LogP contribution in [0.3, 0.4) is 0 Å². The molecule has 33 heavy (non-hydrogen) atoms. The molecule has 0 spiro atoms. The van der Waals surface area contributed by atoms with Gasteiger partial charge in [-0.3, -0.25) is 9.80 Å². The average Bonchev–Trinajstić information content (AvgIpc) is 2.96. The summed E-state index contributed by atoms with van der Waals surface area (Å²) >= 11 is 0. The van der Waals surface area contributed by atoms with E-state index in [1.807, 2.05) is 72.8 Å².